The number of benzene rings is 4. The number of carboxylic acid groups (broad SMARTS) is 1. The molecule has 6 rings (SSSR count). The van der Waals surface area contributed by atoms with Crippen LogP contribution in [0.2, 0.25) is 0 Å². The van der Waals surface area contributed by atoms with E-state index in [4.69, 9.17) is 0 Å². The predicted octanol–water partition coefficient (Wildman–Crippen LogP) is 5.01. The molecule has 6 N–H and O–H groups in total. The highest BCUT2D eigenvalue weighted by molar-refractivity contribution is 5.97. The number of carbonyl (C=O) groups excluding carboxylic acids is 5. The molecule has 1 fully saturated rings. The van der Waals surface area contributed by atoms with E-state index in [1.54, 1.807) is 36.4 Å². The Hall–Kier alpha value is -6.50. The number of nitrogens with one attached hydrogen (secondary N) is 4. The normalized spacial score (nSPS) is 16.7. The number of carboxylic acids is 1. The van der Waals surface area contributed by atoms with Crippen LogP contribution in [0.1, 0.15) is 90.0 Å². The molecule has 0 aromatic heterocycles. The number of hydrogen-bond donors (Lipinski definition) is 6. The molecular weight excluding hydrogens is 751 g/mol. The Morgan fingerprint density at radius 3 is 2.24 bits per heavy atom. The molecule has 308 valence electrons. The van der Waals surface area contributed by atoms with E-state index in [0.29, 0.717) is 27.8 Å². The fourth-order valence-corrected chi connectivity index (χ4v) is 7.49. The maximum atomic E-state index is 13.8. The van der Waals surface area contributed by atoms with E-state index in [-0.39, 0.29) is 37.6 Å². The lowest BCUT2D eigenvalue weighted by atomic mass is 9.76. The first-order valence-corrected chi connectivity index (χ1v) is 20.2. The smallest absolute Gasteiger partial charge is 0.326 e. The van der Waals surface area contributed by atoms with Gasteiger partial charge in [-0.1, -0.05) is 74.4 Å². The van der Waals surface area contributed by atoms with Crippen LogP contribution in [0, 0.1) is 0 Å². The second kappa shape index (κ2) is 19.3. The van der Waals surface area contributed by atoms with Gasteiger partial charge >= 0.3 is 5.97 Å². The van der Waals surface area contributed by atoms with Crippen LogP contribution in [0.15, 0.2) is 84.9 Å². The van der Waals surface area contributed by atoms with Crippen LogP contribution in [0.25, 0.3) is 22.3 Å². The summed E-state index contributed by atoms with van der Waals surface area (Å²) in [7, 11) is 1.45. The largest absolute Gasteiger partial charge is 0.507 e. The lowest BCUT2D eigenvalue weighted by molar-refractivity contribution is -0.142. The molecule has 2 atom stereocenters. The molecule has 1 aliphatic heterocycles. The molecule has 4 aromatic carbocycles. The molecule has 0 spiro atoms. The number of amides is 5. The van der Waals surface area contributed by atoms with Crippen molar-refractivity contribution in [2.75, 3.05) is 26.7 Å². The number of phenolic OH excluding ortho intramolecular Hbond substituents is 1. The lowest BCUT2D eigenvalue weighted by Gasteiger charge is -2.31. The highest BCUT2D eigenvalue weighted by Gasteiger charge is 2.32. The maximum Gasteiger partial charge on any atom is 0.326 e. The molecule has 5 amide bonds. The van der Waals surface area contributed by atoms with Crippen LogP contribution in [0.3, 0.4) is 0 Å². The van der Waals surface area contributed by atoms with Crippen molar-refractivity contribution in [2.24, 2.45) is 0 Å². The van der Waals surface area contributed by atoms with Gasteiger partial charge < -0.3 is 36.4 Å². The van der Waals surface area contributed by atoms with Crippen LogP contribution in [0.4, 0.5) is 0 Å². The summed E-state index contributed by atoms with van der Waals surface area (Å²) in [6.45, 7) is 1.24. The van der Waals surface area contributed by atoms with E-state index in [1.807, 2.05) is 18.2 Å². The lowest BCUT2D eigenvalue weighted by Crippen LogP contribution is -2.49. The van der Waals surface area contributed by atoms with E-state index < -0.39 is 54.1 Å². The molecule has 0 radical (unpaired) electrons. The fourth-order valence-electron chi connectivity index (χ4n) is 7.49. The highest BCUT2D eigenvalue weighted by atomic mass is 16.4. The Bertz CT molecular complexity index is 2200. The summed E-state index contributed by atoms with van der Waals surface area (Å²) in [6, 6.07) is 23.2. The Morgan fingerprint density at radius 1 is 0.864 bits per heavy atom. The third-order valence-corrected chi connectivity index (χ3v) is 11.1. The van der Waals surface area contributed by atoms with Gasteiger partial charge in [0.1, 0.15) is 17.8 Å². The van der Waals surface area contributed by atoms with E-state index in [1.165, 1.54) is 23.6 Å². The third-order valence-electron chi connectivity index (χ3n) is 11.1. The first-order chi connectivity index (χ1) is 28.4. The summed E-state index contributed by atoms with van der Waals surface area (Å²) < 4.78 is 0. The van der Waals surface area contributed by atoms with Crippen LogP contribution in [0.5, 0.6) is 5.75 Å². The van der Waals surface area contributed by atoms with Gasteiger partial charge in [-0.15, -0.1) is 0 Å². The summed E-state index contributed by atoms with van der Waals surface area (Å²) >= 11 is 0. The number of hydrogen-bond acceptors (Lipinski definition) is 7. The molecule has 13 heteroatoms. The number of aromatic hydroxyl groups is 1. The molecule has 1 saturated carbocycles. The van der Waals surface area contributed by atoms with Crippen molar-refractivity contribution in [3.8, 4) is 28.0 Å². The molecule has 2 aliphatic rings. The number of rotatable bonds is 13. The van der Waals surface area contributed by atoms with Crippen LogP contribution >= 0.6 is 0 Å². The van der Waals surface area contributed by atoms with E-state index in [9.17, 15) is 39.0 Å². The fraction of sp³-hybridized carbons (Fsp3) is 0.348. The third kappa shape index (κ3) is 10.5. The highest BCUT2D eigenvalue weighted by Crippen LogP contribution is 2.44. The quantitative estimate of drug-likeness (QED) is 0.109. The zero-order valence-corrected chi connectivity index (χ0v) is 33.4. The number of nitrogens with zero attached hydrogens (tertiary/aromatic N) is 1. The van der Waals surface area contributed by atoms with E-state index >= 15 is 0 Å². The van der Waals surface area contributed by atoms with E-state index in [0.717, 1.165) is 55.2 Å². The average Bonchev–Trinajstić information content (AvgIpc) is 3.21. The molecule has 59 heavy (non-hydrogen) atoms. The minimum atomic E-state index is -1.30. The first-order valence-electron chi connectivity index (χ1n) is 20.2. The Labute approximate surface area is 343 Å². The average molecular weight is 802 g/mol. The van der Waals surface area contributed by atoms with Gasteiger partial charge in [-0.05, 0) is 101 Å². The van der Waals surface area contributed by atoms with Gasteiger partial charge in [0.05, 0.1) is 13.1 Å². The number of likely N-dealkylation sites (N-methyl/N-ethyl adjacent to an activating group) is 1. The summed E-state index contributed by atoms with van der Waals surface area (Å²) in [5.74, 6) is -3.91. The van der Waals surface area contributed by atoms with Crippen molar-refractivity contribution in [1.82, 2.24) is 26.2 Å². The number of phenols is 1. The predicted molar refractivity (Wildman–Crippen MR) is 222 cm³/mol. The van der Waals surface area contributed by atoms with Gasteiger partial charge in [0.25, 0.3) is 5.91 Å². The zero-order chi connectivity index (χ0) is 42.1. The Morgan fingerprint density at radius 2 is 1.58 bits per heavy atom. The van der Waals surface area contributed by atoms with Crippen molar-refractivity contribution in [2.45, 2.75) is 76.3 Å². The molecule has 13 nitrogen and oxygen atoms in total. The summed E-state index contributed by atoms with van der Waals surface area (Å²) in [4.78, 5) is 79.2. The number of unbranched alkanes of at least 4 members (excludes halogenated alkanes) is 1. The first kappa shape index (κ1) is 42.1. The molecule has 1 aliphatic carbocycles. The van der Waals surface area contributed by atoms with Crippen LogP contribution < -0.4 is 21.3 Å². The maximum absolute atomic E-state index is 13.8. The minimum absolute atomic E-state index is 0.0381. The van der Waals surface area contributed by atoms with E-state index in [2.05, 4.69) is 52.5 Å². The van der Waals surface area contributed by atoms with Gasteiger partial charge in [0.15, 0.2) is 0 Å². The Kier molecular flexibility index (Phi) is 13.8. The number of aryl methyl sites for hydroxylation is 1. The van der Waals surface area contributed by atoms with Gasteiger partial charge in [-0.2, -0.15) is 0 Å². The van der Waals surface area contributed by atoms with Crippen LogP contribution in [-0.4, -0.2) is 83.3 Å². The van der Waals surface area contributed by atoms with Crippen molar-refractivity contribution >= 4 is 35.5 Å². The molecule has 1 unspecified atom stereocenters. The molecular formula is C46H51N5O8. The summed E-state index contributed by atoms with van der Waals surface area (Å²) in [6.07, 6.45) is 6.02. The van der Waals surface area contributed by atoms with Crippen LogP contribution in [-0.2, 0) is 36.8 Å². The van der Waals surface area contributed by atoms with Gasteiger partial charge in [0.2, 0.25) is 23.6 Å². The monoisotopic (exact) mass is 801 g/mol. The van der Waals surface area contributed by atoms with Gasteiger partial charge in [-0.25, -0.2) is 4.79 Å². The van der Waals surface area contributed by atoms with Gasteiger partial charge in [-0.3, -0.25) is 24.0 Å². The number of aliphatic carboxylic acids is 1. The minimum Gasteiger partial charge on any atom is -0.507 e. The number of fused-ring (bicyclic) bond motifs is 5. The molecule has 4 bridgehead atoms. The topological polar surface area (TPSA) is 194 Å². The summed E-state index contributed by atoms with van der Waals surface area (Å²) in [5, 5.41) is 31.2. The second-order valence-corrected chi connectivity index (χ2v) is 15.3. The SMILES string of the molecule is CCCCc1ccc(-c2ccc(C(=O)NCC(=O)NCCC(=O)N(C)C3C(=O)NCC(=O)N[C@H](C(=O)O)Cc4ccc(O)c(c4)-c4cc3ccc4C3CCC3)cc2)cc1. The molecule has 4 aromatic rings. The molecule has 0 saturated heterocycles. The van der Waals surface area contributed by atoms with Crippen molar-refractivity contribution in [1.29, 1.82) is 0 Å². The summed E-state index contributed by atoms with van der Waals surface area (Å²) in [5.41, 5.74) is 6.77. The van der Waals surface area contributed by atoms with Gasteiger partial charge in [0, 0.05) is 37.6 Å². The van der Waals surface area contributed by atoms with Crippen molar-refractivity contribution < 1.29 is 39.0 Å². The van der Waals surface area contributed by atoms with Crippen molar-refractivity contribution in [3.05, 3.63) is 113 Å². The zero-order valence-electron chi connectivity index (χ0n) is 33.4. The van der Waals surface area contributed by atoms with Crippen molar-refractivity contribution in [3.63, 3.8) is 0 Å². The number of carbonyl (C=O) groups is 6. The second-order valence-electron chi connectivity index (χ2n) is 15.3. The standard InChI is InChI=1S/C46H51N5O8/c1-3-4-6-28-9-12-30(13-10-28)31-14-16-33(17-15-31)44(56)48-26-40(53)47-22-21-42(55)51(2)43-34-18-19-35(32-7-5-8-32)36(25-34)37-23-29(11-20-39(37)52)24-38(46(58)59)50-41(54)27-49-45(43)57/h9-20,23,25,32,38,43,52H,3-8,21-22,24,26-27H2,1-2H3,(H,47,53)(H,48,56)(H,49,57)(H,50,54)(H,58,59)/t38-,43?/m0/s1. The Balaban J connectivity index is 1.11. The molecule has 1 heterocycles.